The Bertz CT molecular complexity index is 1040. The van der Waals surface area contributed by atoms with Gasteiger partial charge in [0.2, 0.25) is 5.91 Å². The second-order valence-corrected chi connectivity index (χ2v) is 7.86. The van der Waals surface area contributed by atoms with Crippen LogP contribution in [0.15, 0.2) is 72.1 Å². The molecule has 7 heteroatoms. The molecule has 2 saturated heterocycles. The minimum atomic E-state index is -0.850. The summed E-state index contributed by atoms with van der Waals surface area (Å²) in [4.78, 5) is 34.9. The lowest BCUT2D eigenvalue weighted by Crippen LogP contribution is -2.37. The van der Waals surface area contributed by atoms with Gasteiger partial charge in [-0.1, -0.05) is 24.3 Å². The molecule has 0 N–H and O–H groups in total. The summed E-state index contributed by atoms with van der Waals surface area (Å²) in [6.07, 6.45) is -0.850. The first kappa shape index (κ1) is 17.9. The summed E-state index contributed by atoms with van der Waals surface area (Å²) in [7, 11) is 1.57. The Morgan fingerprint density at radius 1 is 0.897 bits per heavy atom. The first-order chi connectivity index (χ1) is 14.2. The van der Waals surface area contributed by atoms with E-state index in [4.69, 9.17) is 9.57 Å². The van der Waals surface area contributed by atoms with Gasteiger partial charge in [-0.25, -0.2) is 9.96 Å². The molecule has 0 unspecified atom stereocenters. The van der Waals surface area contributed by atoms with Crippen LogP contribution in [0, 0.1) is 5.92 Å². The van der Waals surface area contributed by atoms with Crippen molar-refractivity contribution in [3.8, 4) is 5.75 Å². The molecule has 146 valence electrons. The molecular formula is C22H18N2O4S. The monoisotopic (exact) mass is 406 g/mol. The number of methoxy groups -OCH3 is 1. The number of anilines is 2. The molecule has 2 aromatic carbocycles. The third kappa shape index (κ3) is 2.82. The number of carbonyl (C=O) groups excluding carboxylic acids is 2. The van der Waals surface area contributed by atoms with Gasteiger partial charge in [0, 0.05) is 4.88 Å². The number of nitrogens with zero attached hydrogens (tertiary/aromatic N) is 2. The predicted molar refractivity (Wildman–Crippen MR) is 110 cm³/mol. The molecule has 1 aromatic heterocycles. The van der Waals surface area contributed by atoms with Gasteiger partial charge in [-0.05, 0) is 47.8 Å². The van der Waals surface area contributed by atoms with Gasteiger partial charge in [-0.2, -0.15) is 0 Å². The fraction of sp³-hybridized carbons (Fsp3) is 0.182. The standard InChI is InChI=1S/C22H18N2O4S/c1-27-16-11-9-14(10-12-16)23-21(25)18-19(17-8-5-13-29-17)24(28-20(18)22(23)26)15-6-3-2-4-7-15/h2-13,18-20H,1H3/t18-,19-,20+/m0/s1. The van der Waals surface area contributed by atoms with E-state index in [0.717, 1.165) is 10.6 Å². The largest absolute Gasteiger partial charge is 0.497 e. The number of carbonyl (C=O) groups is 2. The number of rotatable bonds is 4. The molecule has 5 rings (SSSR count). The van der Waals surface area contributed by atoms with Crippen LogP contribution in [0.1, 0.15) is 10.9 Å². The van der Waals surface area contributed by atoms with Gasteiger partial charge in [0.25, 0.3) is 5.91 Å². The van der Waals surface area contributed by atoms with Crippen LogP contribution in [-0.4, -0.2) is 25.0 Å². The van der Waals surface area contributed by atoms with E-state index in [1.807, 2.05) is 47.8 Å². The van der Waals surface area contributed by atoms with Gasteiger partial charge < -0.3 is 4.74 Å². The highest BCUT2D eigenvalue weighted by molar-refractivity contribution is 7.10. The summed E-state index contributed by atoms with van der Waals surface area (Å²) in [5.74, 6) is -0.536. The van der Waals surface area contributed by atoms with Crippen LogP contribution in [0.4, 0.5) is 11.4 Å². The third-order valence-electron chi connectivity index (χ3n) is 5.29. The molecule has 3 atom stereocenters. The van der Waals surface area contributed by atoms with Crippen LogP contribution in [-0.2, 0) is 14.4 Å². The topological polar surface area (TPSA) is 59.1 Å². The average Bonchev–Trinajstić information content (AvgIpc) is 3.47. The molecule has 0 saturated carbocycles. The van der Waals surface area contributed by atoms with Crippen LogP contribution in [0.25, 0.3) is 0 Å². The Labute approximate surface area is 171 Å². The van der Waals surface area contributed by atoms with Crippen molar-refractivity contribution in [1.82, 2.24) is 0 Å². The number of imide groups is 1. The van der Waals surface area contributed by atoms with Crippen molar-refractivity contribution in [2.24, 2.45) is 5.92 Å². The maximum Gasteiger partial charge on any atom is 0.266 e. The predicted octanol–water partition coefficient (Wildman–Crippen LogP) is 3.81. The summed E-state index contributed by atoms with van der Waals surface area (Å²) in [5, 5.41) is 3.68. The van der Waals surface area contributed by atoms with Crippen molar-refractivity contribution in [3.05, 3.63) is 77.0 Å². The number of para-hydroxylation sites is 1. The zero-order valence-corrected chi connectivity index (χ0v) is 16.4. The Kier molecular flexibility index (Phi) is 4.34. The Hall–Kier alpha value is -3.16. The number of hydrogen-bond donors (Lipinski definition) is 0. The number of hydroxylamine groups is 1. The maximum atomic E-state index is 13.4. The summed E-state index contributed by atoms with van der Waals surface area (Å²) in [5.41, 5.74) is 1.34. The van der Waals surface area contributed by atoms with E-state index in [2.05, 4.69) is 0 Å². The van der Waals surface area contributed by atoms with Crippen LogP contribution in [0.3, 0.4) is 0 Å². The van der Waals surface area contributed by atoms with Gasteiger partial charge in [-0.15, -0.1) is 11.3 Å². The minimum Gasteiger partial charge on any atom is -0.497 e. The molecule has 0 bridgehead atoms. The van der Waals surface area contributed by atoms with E-state index in [0.29, 0.717) is 11.4 Å². The van der Waals surface area contributed by atoms with E-state index in [9.17, 15) is 9.59 Å². The highest BCUT2D eigenvalue weighted by Gasteiger charge is 2.60. The Balaban J connectivity index is 1.54. The molecule has 0 aliphatic carbocycles. The van der Waals surface area contributed by atoms with Crippen molar-refractivity contribution >= 4 is 34.5 Å². The molecule has 6 nitrogen and oxygen atoms in total. The SMILES string of the molecule is COc1ccc(N2C(=O)[C@@H]3[C@@H](ON(c4ccccc4)[C@H]3c3cccs3)C2=O)cc1. The zero-order valence-electron chi connectivity index (χ0n) is 15.6. The van der Waals surface area contributed by atoms with Gasteiger partial charge in [0.15, 0.2) is 6.10 Å². The second kappa shape index (κ2) is 7.02. The van der Waals surface area contributed by atoms with Gasteiger partial charge in [0.05, 0.1) is 18.5 Å². The zero-order chi connectivity index (χ0) is 20.0. The summed E-state index contributed by atoms with van der Waals surface area (Å²) in [6.45, 7) is 0. The number of hydrogen-bond acceptors (Lipinski definition) is 6. The maximum absolute atomic E-state index is 13.4. The highest BCUT2D eigenvalue weighted by Crippen LogP contribution is 2.48. The molecule has 2 aliphatic heterocycles. The van der Waals surface area contributed by atoms with E-state index < -0.39 is 12.0 Å². The van der Waals surface area contributed by atoms with Crippen LogP contribution in [0.2, 0.25) is 0 Å². The van der Waals surface area contributed by atoms with Crippen LogP contribution in [0.5, 0.6) is 5.75 Å². The molecule has 0 spiro atoms. The fourth-order valence-corrected chi connectivity index (χ4v) is 4.80. The Morgan fingerprint density at radius 2 is 1.66 bits per heavy atom. The quantitative estimate of drug-likeness (QED) is 0.617. The van der Waals surface area contributed by atoms with Crippen molar-refractivity contribution in [1.29, 1.82) is 0 Å². The second-order valence-electron chi connectivity index (χ2n) is 6.88. The molecule has 3 heterocycles. The lowest BCUT2D eigenvalue weighted by molar-refractivity contribution is -0.126. The number of ether oxygens (including phenoxy) is 1. The molecule has 3 aromatic rings. The first-order valence-corrected chi connectivity index (χ1v) is 10.1. The van der Waals surface area contributed by atoms with Gasteiger partial charge in [0.1, 0.15) is 17.7 Å². The third-order valence-corrected chi connectivity index (χ3v) is 6.23. The van der Waals surface area contributed by atoms with Crippen LogP contribution < -0.4 is 14.7 Å². The average molecular weight is 406 g/mol. The van der Waals surface area contributed by atoms with E-state index in [1.54, 1.807) is 47.8 Å². The van der Waals surface area contributed by atoms with Crippen molar-refractivity contribution in [3.63, 3.8) is 0 Å². The summed E-state index contributed by atoms with van der Waals surface area (Å²) >= 11 is 1.55. The molecule has 2 amide bonds. The summed E-state index contributed by atoms with van der Waals surface area (Å²) in [6, 6.07) is 20.0. The fourth-order valence-electron chi connectivity index (χ4n) is 3.95. The number of thiophene rings is 1. The lowest BCUT2D eigenvalue weighted by atomic mass is 9.95. The number of amides is 2. The van der Waals surface area contributed by atoms with Gasteiger partial charge >= 0.3 is 0 Å². The normalized spacial score (nSPS) is 23.6. The first-order valence-electron chi connectivity index (χ1n) is 9.25. The highest BCUT2D eigenvalue weighted by atomic mass is 32.1. The van der Waals surface area contributed by atoms with Crippen molar-refractivity contribution < 1.29 is 19.2 Å². The van der Waals surface area contributed by atoms with E-state index in [-0.39, 0.29) is 17.9 Å². The minimum absolute atomic E-state index is 0.248. The number of benzene rings is 2. The van der Waals surface area contributed by atoms with E-state index >= 15 is 0 Å². The Morgan fingerprint density at radius 3 is 2.31 bits per heavy atom. The van der Waals surface area contributed by atoms with Crippen molar-refractivity contribution in [2.75, 3.05) is 17.1 Å². The van der Waals surface area contributed by atoms with Crippen LogP contribution >= 0.6 is 11.3 Å². The molecule has 2 aliphatic rings. The molecule has 2 fully saturated rings. The number of fused-ring (bicyclic) bond motifs is 1. The summed E-state index contributed by atoms with van der Waals surface area (Å²) < 4.78 is 5.17. The smallest absolute Gasteiger partial charge is 0.266 e. The van der Waals surface area contributed by atoms with Crippen molar-refractivity contribution in [2.45, 2.75) is 12.1 Å². The molecular weight excluding hydrogens is 388 g/mol. The molecule has 0 radical (unpaired) electrons. The van der Waals surface area contributed by atoms with Gasteiger partial charge in [-0.3, -0.25) is 14.4 Å². The molecule has 29 heavy (non-hydrogen) atoms. The lowest BCUT2D eigenvalue weighted by Gasteiger charge is -2.27. The van der Waals surface area contributed by atoms with E-state index in [1.165, 1.54) is 4.90 Å².